The first kappa shape index (κ1) is 17.0. The summed E-state index contributed by atoms with van der Waals surface area (Å²) in [7, 11) is -3.37. The second kappa shape index (κ2) is 6.82. The zero-order chi connectivity index (χ0) is 16.3. The molecule has 8 nitrogen and oxygen atoms in total. The van der Waals surface area contributed by atoms with Crippen molar-refractivity contribution in [2.75, 3.05) is 45.6 Å². The molecule has 2 aliphatic rings. The Kier molecular flexibility index (Phi) is 5.28. The molecule has 0 N–H and O–H groups in total. The quantitative estimate of drug-likeness (QED) is 0.690. The van der Waals surface area contributed by atoms with Crippen molar-refractivity contribution in [3.63, 3.8) is 0 Å². The van der Waals surface area contributed by atoms with Crippen molar-refractivity contribution >= 4 is 22.0 Å². The summed E-state index contributed by atoms with van der Waals surface area (Å²) in [6.07, 6.45) is 2.40. The number of rotatable bonds is 5. The van der Waals surface area contributed by atoms with Crippen LogP contribution in [-0.4, -0.2) is 86.2 Å². The van der Waals surface area contributed by atoms with E-state index in [9.17, 15) is 18.0 Å². The normalized spacial score (nSPS) is 19.4. The Morgan fingerprint density at radius 3 is 2.14 bits per heavy atom. The molecule has 1 saturated carbocycles. The highest BCUT2D eigenvalue weighted by Crippen LogP contribution is 2.28. The lowest BCUT2D eigenvalue weighted by atomic mass is 10.3. The fourth-order valence-corrected chi connectivity index (χ4v) is 3.56. The van der Waals surface area contributed by atoms with Crippen LogP contribution in [0, 0.1) is 0 Å². The van der Waals surface area contributed by atoms with E-state index in [1.165, 1.54) is 4.31 Å². The molecule has 22 heavy (non-hydrogen) atoms. The summed E-state index contributed by atoms with van der Waals surface area (Å²) in [5.74, 6) is -0.208. The molecule has 0 atom stereocenters. The van der Waals surface area contributed by atoms with Gasteiger partial charge < -0.3 is 14.5 Å². The lowest BCUT2D eigenvalue weighted by Gasteiger charge is -2.35. The van der Waals surface area contributed by atoms with Crippen molar-refractivity contribution in [3.05, 3.63) is 0 Å². The van der Waals surface area contributed by atoms with Crippen molar-refractivity contribution in [1.82, 2.24) is 14.1 Å². The van der Waals surface area contributed by atoms with Gasteiger partial charge >= 0.3 is 6.09 Å². The Hall–Kier alpha value is -1.35. The van der Waals surface area contributed by atoms with Gasteiger partial charge in [-0.3, -0.25) is 4.79 Å². The summed E-state index contributed by atoms with van der Waals surface area (Å²) < 4.78 is 29.7. The summed E-state index contributed by atoms with van der Waals surface area (Å²) >= 11 is 0. The van der Waals surface area contributed by atoms with Crippen molar-refractivity contribution in [2.24, 2.45) is 0 Å². The monoisotopic (exact) mass is 333 g/mol. The molecular formula is C13H23N3O5S. The fourth-order valence-electron chi connectivity index (χ4n) is 2.47. The van der Waals surface area contributed by atoms with Gasteiger partial charge in [0, 0.05) is 32.2 Å². The van der Waals surface area contributed by atoms with E-state index in [0.717, 1.165) is 19.1 Å². The second-order valence-electron chi connectivity index (χ2n) is 5.61. The SMILES string of the molecule is CCOC(=O)N1CCN(C(=O)CN(C2CC2)S(C)(=O)=O)CC1. The Labute approximate surface area is 131 Å². The van der Waals surface area contributed by atoms with Gasteiger partial charge in [0.05, 0.1) is 19.4 Å². The van der Waals surface area contributed by atoms with Gasteiger partial charge in [0.1, 0.15) is 0 Å². The van der Waals surface area contributed by atoms with Gasteiger partial charge in [-0.05, 0) is 19.8 Å². The molecule has 1 saturated heterocycles. The average molecular weight is 333 g/mol. The van der Waals surface area contributed by atoms with Crippen LogP contribution in [0.25, 0.3) is 0 Å². The molecule has 2 amide bonds. The number of hydrogen-bond acceptors (Lipinski definition) is 5. The first-order valence-electron chi connectivity index (χ1n) is 7.49. The molecule has 1 aliphatic heterocycles. The van der Waals surface area contributed by atoms with E-state index >= 15 is 0 Å². The van der Waals surface area contributed by atoms with Crippen LogP contribution in [0.1, 0.15) is 19.8 Å². The minimum Gasteiger partial charge on any atom is -0.450 e. The van der Waals surface area contributed by atoms with Crippen LogP contribution in [0.3, 0.4) is 0 Å². The molecule has 1 heterocycles. The standard InChI is InChI=1S/C13H23N3O5S/c1-3-21-13(18)15-8-6-14(7-9-15)12(17)10-16(11-4-5-11)22(2,19)20/h11H,3-10H2,1-2H3. The maximum atomic E-state index is 12.3. The van der Waals surface area contributed by atoms with E-state index in [1.54, 1.807) is 16.7 Å². The molecule has 9 heteroatoms. The zero-order valence-electron chi connectivity index (χ0n) is 13.0. The molecular weight excluding hydrogens is 310 g/mol. The first-order chi connectivity index (χ1) is 10.3. The van der Waals surface area contributed by atoms with Crippen LogP contribution in [-0.2, 0) is 19.6 Å². The van der Waals surface area contributed by atoms with Crippen LogP contribution in [0.4, 0.5) is 4.79 Å². The van der Waals surface area contributed by atoms with Gasteiger partial charge in [-0.15, -0.1) is 0 Å². The molecule has 126 valence electrons. The molecule has 2 fully saturated rings. The van der Waals surface area contributed by atoms with E-state index in [-0.39, 0.29) is 24.6 Å². The van der Waals surface area contributed by atoms with Crippen LogP contribution >= 0.6 is 0 Å². The predicted octanol–water partition coefficient (Wildman–Crippen LogP) is -0.289. The smallest absolute Gasteiger partial charge is 0.409 e. The van der Waals surface area contributed by atoms with Crippen LogP contribution < -0.4 is 0 Å². The molecule has 0 radical (unpaired) electrons. The van der Waals surface area contributed by atoms with Crippen molar-refractivity contribution in [3.8, 4) is 0 Å². The molecule has 0 spiro atoms. The van der Waals surface area contributed by atoms with E-state index in [0.29, 0.717) is 32.8 Å². The van der Waals surface area contributed by atoms with Gasteiger partial charge in [0.15, 0.2) is 0 Å². The first-order valence-corrected chi connectivity index (χ1v) is 9.34. The van der Waals surface area contributed by atoms with E-state index in [1.807, 2.05) is 0 Å². The second-order valence-corrected chi connectivity index (χ2v) is 7.54. The van der Waals surface area contributed by atoms with Crippen LogP contribution in [0.2, 0.25) is 0 Å². The highest BCUT2D eigenvalue weighted by atomic mass is 32.2. The van der Waals surface area contributed by atoms with Gasteiger partial charge in [0.25, 0.3) is 0 Å². The topological polar surface area (TPSA) is 87.2 Å². The van der Waals surface area contributed by atoms with E-state index in [2.05, 4.69) is 0 Å². The van der Waals surface area contributed by atoms with Gasteiger partial charge in [-0.1, -0.05) is 0 Å². The van der Waals surface area contributed by atoms with Crippen molar-refractivity contribution < 1.29 is 22.7 Å². The predicted molar refractivity (Wildman–Crippen MR) is 79.7 cm³/mol. The molecule has 0 unspecified atom stereocenters. The Morgan fingerprint density at radius 1 is 1.14 bits per heavy atom. The summed E-state index contributed by atoms with van der Waals surface area (Å²) in [5, 5.41) is 0. The third kappa shape index (κ3) is 4.33. The largest absolute Gasteiger partial charge is 0.450 e. The van der Waals surface area contributed by atoms with E-state index < -0.39 is 10.0 Å². The Bertz CT molecular complexity index is 524. The number of piperazine rings is 1. The minimum atomic E-state index is -3.37. The zero-order valence-corrected chi connectivity index (χ0v) is 13.8. The van der Waals surface area contributed by atoms with Crippen LogP contribution in [0.15, 0.2) is 0 Å². The highest BCUT2D eigenvalue weighted by molar-refractivity contribution is 7.88. The van der Waals surface area contributed by atoms with E-state index in [4.69, 9.17) is 4.74 Å². The Morgan fingerprint density at radius 2 is 1.68 bits per heavy atom. The lowest BCUT2D eigenvalue weighted by Crippen LogP contribution is -2.53. The molecule has 0 bridgehead atoms. The summed E-state index contributed by atoms with van der Waals surface area (Å²) in [5.41, 5.74) is 0. The van der Waals surface area contributed by atoms with Crippen molar-refractivity contribution in [2.45, 2.75) is 25.8 Å². The summed E-state index contributed by atoms with van der Waals surface area (Å²) in [6, 6.07) is -0.0280. The van der Waals surface area contributed by atoms with Gasteiger partial charge in [0.2, 0.25) is 15.9 Å². The van der Waals surface area contributed by atoms with Crippen LogP contribution in [0.5, 0.6) is 0 Å². The molecule has 0 aromatic heterocycles. The number of ether oxygens (including phenoxy) is 1. The number of hydrogen-bond donors (Lipinski definition) is 0. The lowest BCUT2D eigenvalue weighted by molar-refractivity contribution is -0.133. The average Bonchev–Trinajstić information content (AvgIpc) is 3.28. The van der Waals surface area contributed by atoms with Crippen molar-refractivity contribution in [1.29, 1.82) is 0 Å². The minimum absolute atomic E-state index is 0.0280. The summed E-state index contributed by atoms with van der Waals surface area (Å²) in [6.45, 7) is 3.58. The number of carbonyl (C=O) groups is 2. The highest BCUT2D eigenvalue weighted by Gasteiger charge is 2.37. The third-order valence-corrected chi connectivity index (χ3v) is 5.11. The molecule has 1 aliphatic carbocycles. The molecule has 2 rings (SSSR count). The van der Waals surface area contributed by atoms with Gasteiger partial charge in [-0.25, -0.2) is 13.2 Å². The maximum Gasteiger partial charge on any atom is 0.409 e. The van der Waals surface area contributed by atoms with Gasteiger partial charge in [-0.2, -0.15) is 4.31 Å². The molecule has 0 aromatic carbocycles. The maximum absolute atomic E-state index is 12.3. The summed E-state index contributed by atoms with van der Waals surface area (Å²) in [4.78, 5) is 27.0. The Balaban J connectivity index is 1.86. The number of sulfonamides is 1. The number of amides is 2. The fraction of sp³-hybridized carbons (Fsp3) is 0.846. The number of nitrogens with zero attached hydrogens (tertiary/aromatic N) is 3. The third-order valence-electron chi connectivity index (χ3n) is 3.83. The number of carbonyl (C=O) groups excluding carboxylic acids is 2. The molecule has 0 aromatic rings.